The van der Waals surface area contributed by atoms with E-state index in [9.17, 15) is 4.79 Å². The smallest absolute Gasteiger partial charge is 0.273 e. The molecule has 4 rings (SSSR count). The lowest BCUT2D eigenvalue weighted by atomic mass is 9.99. The molecule has 0 N–H and O–H groups in total. The van der Waals surface area contributed by atoms with Gasteiger partial charge in [-0.05, 0) is 56.7 Å². The van der Waals surface area contributed by atoms with Gasteiger partial charge in [0.05, 0.1) is 23.5 Å². The molecule has 3 atom stereocenters. The molecule has 2 aromatic heterocycles. The van der Waals surface area contributed by atoms with Crippen molar-refractivity contribution in [3.63, 3.8) is 0 Å². The van der Waals surface area contributed by atoms with E-state index in [-0.39, 0.29) is 24.0 Å². The molecule has 0 fully saturated rings. The first kappa shape index (κ1) is 19.2. The van der Waals surface area contributed by atoms with E-state index in [0.29, 0.717) is 18.8 Å². The zero-order chi connectivity index (χ0) is 20.2. The second kappa shape index (κ2) is 7.01. The number of allylic oxidation sites excluding steroid dienone is 1. The topological polar surface area (TPSA) is 54.3 Å². The summed E-state index contributed by atoms with van der Waals surface area (Å²) in [5, 5.41) is 4.77. The maximum atomic E-state index is 13.4. The van der Waals surface area contributed by atoms with Gasteiger partial charge in [-0.25, -0.2) is 4.42 Å². The van der Waals surface area contributed by atoms with Crippen LogP contribution in [0, 0.1) is 0 Å². The van der Waals surface area contributed by atoms with Gasteiger partial charge in [-0.2, -0.15) is 5.10 Å². The molecule has 0 bridgehead atoms. The molecule has 1 amide bonds. The Morgan fingerprint density at radius 2 is 2.07 bits per heavy atom. The highest BCUT2D eigenvalue weighted by Crippen LogP contribution is 2.35. The van der Waals surface area contributed by atoms with Gasteiger partial charge in [0.2, 0.25) is 0 Å². The molecule has 148 valence electrons. The molecular weight excluding hydrogens is 374 g/mol. The average molecular weight is 400 g/mol. The van der Waals surface area contributed by atoms with Crippen LogP contribution in [0.4, 0.5) is 0 Å². The van der Waals surface area contributed by atoms with E-state index in [2.05, 4.69) is 32.3 Å². The summed E-state index contributed by atoms with van der Waals surface area (Å²) >= 11 is 6.37. The maximum absolute atomic E-state index is 13.4. The molecule has 1 unspecified atom stereocenters. The Labute approximate surface area is 170 Å². The van der Waals surface area contributed by atoms with E-state index in [1.165, 1.54) is 0 Å². The fraction of sp³-hybridized carbons (Fsp3) is 0.476. The second-order valence-corrected chi connectivity index (χ2v) is 8.50. The molecule has 0 spiro atoms. The molecule has 0 saturated carbocycles. The van der Waals surface area contributed by atoms with Gasteiger partial charge in [-0.15, -0.1) is 0 Å². The van der Waals surface area contributed by atoms with Crippen molar-refractivity contribution in [2.24, 2.45) is 0 Å². The fourth-order valence-corrected chi connectivity index (χ4v) is 4.27. The summed E-state index contributed by atoms with van der Waals surface area (Å²) in [5.41, 5.74) is 5.47. The Morgan fingerprint density at radius 1 is 1.32 bits per heavy atom. The molecular formula is C21H26ClN5O. The number of pyridine rings is 1. The van der Waals surface area contributed by atoms with Gasteiger partial charge in [0, 0.05) is 37.3 Å². The lowest BCUT2D eigenvalue weighted by Gasteiger charge is -2.37. The molecule has 0 aromatic carbocycles. The van der Waals surface area contributed by atoms with E-state index in [0.717, 1.165) is 34.5 Å². The van der Waals surface area contributed by atoms with Gasteiger partial charge >= 0.3 is 0 Å². The molecule has 7 heteroatoms. The highest BCUT2D eigenvalue weighted by Gasteiger charge is 2.39. The van der Waals surface area contributed by atoms with Crippen LogP contribution in [0.25, 0.3) is 5.57 Å². The van der Waals surface area contributed by atoms with Crippen LogP contribution >= 0.6 is 11.8 Å². The molecule has 0 radical (unpaired) electrons. The molecule has 0 aliphatic carbocycles. The van der Waals surface area contributed by atoms with Crippen molar-refractivity contribution in [1.29, 1.82) is 0 Å². The average Bonchev–Trinajstić information content (AvgIpc) is 3.03. The van der Waals surface area contributed by atoms with E-state index in [1.807, 2.05) is 34.8 Å². The van der Waals surface area contributed by atoms with E-state index in [4.69, 9.17) is 16.9 Å². The van der Waals surface area contributed by atoms with Gasteiger partial charge in [0.15, 0.2) is 0 Å². The number of carbonyl (C=O) groups is 1. The summed E-state index contributed by atoms with van der Waals surface area (Å²) < 4.78 is 3.67. The van der Waals surface area contributed by atoms with Gasteiger partial charge in [-0.3, -0.25) is 14.5 Å². The number of rotatable bonds is 3. The van der Waals surface area contributed by atoms with Crippen molar-refractivity contribution in [3.05, 3.63) is 53.1 Å². The van der Waals surface area contributed by atoms with Crippen molar-refractivity contribution in [1.82, 2.24) is 24.1 Å². The monoisotopic (exact) mass is 399 g/mol. The highest BCUT2D eigenvalue weighted by atomic mass is 35.5. The van der Waals surface area contributed by atoms with E-state index >= 15 is 0 Å². The first-order valence-electron chi connectivity index (χ1n) is 9.73. The van der Waals surface area contributed by atoms with E-state index < -0.39 is 0 Å². The van der Waals surface area contributed by atoms with Crippen LogP contribution in [-0.4, -0.2) is 42.6 Å². The quantitative estimate of drug-likeness (QED) is 0.732. The third-order valence-corrected chi connectivity index (χ3v) is 6.34. The second-order valence-electron chi connectivity index (χ2n) is 8.07. The number of hydrogen-bond donors (Lipinski definition) is 0. The standard InChI is InChI=1S/C21H26ClN5O/c1-12(2)18-7-6-16(9-23-18)15(5)25-10-14(4)27-20(21(25)28)17-11-26(22)13(3)8-19(17)24-27/h6-7,9,13-15H,1,8,10-11H2,2-5H3/t13-,14-,15?/m1/s1. The van der Waals surface area contributed by atoms with Crippen molar-refractivity contribution in [2.45, 2.75) is 58.8 Å². The molecule has 2 aromatic rings. The number of amides is 1. The van der Waals surface area contributed by atoms with Crippen LogP contribution in [0.15, 0.2) is 24.9 Å². The highest BCUT2D eigenvalue weighted by molar-refractivity contribution is 6.13. The zero-order valence-electron chi connectivity index (χ0n) is 16.8. The molecule has 4 heterocycles. The van der Waals surface area contributed by atoms with Gasteiger partial charge in [0.1, 0.15) is 5.69 Å². The maximum Gasteiger partial charge on any atom is 0.273 e. The number of carbonyl (C=O) groups excluding carboxylic acids is 1. The van der Waals surface area contributed by atoms with Crippen molar-refractivity contribution < 1.29 is 4.79 Å². The Bertz CT molecular complexity index is 935. The third kappa shape index (κ3) is 3.05. The van der Waals surface area contributed by atoms with Crippen molar-refractivity contribution in [3.8, 4) is 0 Å². The van der Waals surface area contributed by atoms with Crippen LogP contribution in [-0.2, 0) is 13.0 Å². The Balaban J connectivity index is 1.67. The minimum absolute atomic E-state index is 0.0166. The van der Waals surface area contributed by atoms with Crippen LogP contribution in [0.3, 0.4) is 0 Å². The minimum atomic E-state index is -0.0736. The minimum Gasteiger partial charge on any atom is -0.328 e. The first-order valence-corrected chi connectivity index (χ1v) is 10.1. The lowest BCUT2D eigenvalue weighted by Crippen LogP contribution is -2.44. The van der Waals surface area contributed by atoms with Crippen LogP contribution < -0.4 is 0 Å². The van der Waals surface area contributed by atoms with Gasteiger partial charge < -0.3 is 4.90 Å². The largest absolute Gasteiger partial charge is 0.328 e. The summed E-state index contributed by atoms with van der Waals surface area (Å²) in [4.78, 5) is 19.9. The molecule has 6 nitrogen and oxygen atoms in total. The molecule has 2 aliphatic heterocycles. The van der Waals surface area contributed by atoms with Crippen LogP contribution in [0.2, 0.25) is 0 Å². The summed E-state index contributed by atoms with van der Waals surface area (Å²) in [6, 6.07) is 4.25. The number of halogens is 1. The summed E-state index contributed by atoms with van der Waals surface area (Å²) in [5.74, 6) is 0.0166. The molecule has 28 heavy (non-hydrogen) atoms. The lowest BCUT2D eigenvalue weighted by molar-refractivity contribution is 0.0584. The Kier molecular flexibility index (Phi) is 4.79. The SMILES string of the molecule is C=C(C)c1ccc(C(C)N2C[C@@H](C)n3nc4c(c3C2=O)CN(Cl)[C@H](C)C4)cn1. The Morgan fingerprint density at radius 3 is 2.71 bits per heavy atom. The number of aromatic nitrogens is 3. The van der Waals surface area contributed by atoms with Crippen LogP contribution in [0.5, 0.6) is 0 Å². The molecule has 0 saturated heterocycles. The normalized spacial score (nSPS) is 23.3. The fourth-order valence-electron chi connectivity index (χ4n) is 4.08. The predicted octanol–water partition coefficient (Wildman–Crippen LogP) is 3.99. The van der Waals surface area contributed by atoms with Crippen LogP contribution in [0.1, 0.15) is 72.8 Å². The summed E-state index contributed by atoms with van der Waals surface area (Å²) in [6.45, 7) is 13.3. The predicted molar refractivity (Wildman–Crippen MR) is 110 cm³/mol. The third-order valence-electron chi connectivity index (χ3n) is 5.88. The zero-order valence-corrected chi connectivity index (χ0v) is 17.6. The van der Waals surface area contributed by atoms with Gasteiger partial charge in [0.25, 0.3) is 5.91 Å². The summed E-state index contributed by atoms with van der Waals surface area (Å²) in [7, 11) is 0. The van der Waals surface area contributed by atoms with Gasteiger partial charge in [-0.1, -0.05) is 12.6 Å². The Hall–Kier alpha value is -2.18. The number of nitrogens with zero attached hydrogens (tertiary/aromatic N) is 5. The van der Waals surface area contributed by atoms with Crippen molar-refractivity contribution >= 4 is 23.3 Å². The van der Waals surface area contributed by atoms with E-state index in [1.54, 1.807) is 4.42 Å². The first-order chi connectivity index (χ1) is 13.3. The molecule has 2 aliphatic rings. The summed E-state index contributed by atoms with van der Waals surface area (Å²) in [6.07, 6.45) is 2.61. The van der Waals surface area contributed by atoms with Crippen molar-refractivity contribution in [2.75, 3.05) is 6.54 Å². The number of fused-ring (bicyclic) bond motifs is 3. The number of hydrogen-bond acceptors (Lipinski definition) is 4.